The molecule has 0 spiro atoms. The number of rotatable bonds is 7. The van der Waals surface area contributed by atoms with Gasteiger partial charge in [-0.3, -0.25) is 4.79 Å². The Morgan fingerprint density at radius 2 is 1.81 bits per heavy atom. The van der Waals surface area contributed by atoms with Crippen LogP contribution in [0.3, 0.4) is 0 Å². The second kappa shape index (κ2) is 11.6. The first-order chi connectivity index (χ1) is 20.6. The van der Waals surface area contributed by atoms with Gasteiger partial charge in [-0.15, -0.1) is 0 Å². The second-order valence-electron chi connectivity index (χ2n) is 10.8. The molecule has 4 heterocycles. The highest BCUT2D eigenvalue weighted by Gasteiger charge is 2.41. The molecule has 8 nitrogen and oxygen atoms in total. The number of nitrogens with zero attached hydrogens (tertiary/aromatic N) is 3. The van der Waals surface area contributed by atoms with Crippen LogP contribution in [-0.4, -0.2) is 42.9 Å². The molecule has 1 saturated carbocycles. The van der Waals surface area contributed by atoms with Gasteiger partial charge in [0.05, 0.1) is 22.7 Å². The number of amides is 1. The average molecular weight is 628 g/mol. The number of fused-ring (bicyclic) bond motifs is 1. The Morgan fingerprint density at radius 3 is 2.56 bits per heavy atom. The number of carbonyl (C=O) groups excluding carboxylic acids is 1. The molecule has 1 aliphatic carbocycles. The van der Waals surface area contributed by atoms with Crippen molar-refractivity contribution in [1.82, 2.24) is 15.3 Å². The summed E-state index contributed by atoms with van der Waals surface area (Å²) < 4.78 is 72.9. The van der Waals surface area contributed by atoms with Gasteiger partial charge in [0.1, 0.15) is 17.5 Å². The van der Waals surface area contributed by atoms with Gasteiger partial charge < -0.3 is 10.6 Å². The maximum atomic E-state index is 15.3. The minimum Gasteiger partial charge on any atom is -0.365 e. The number of nitrogens with one attached hydrogen (secondary N) is 2. The quantitative estimate of drug-likeness (QED) is 0.270. The zero-order chi connectivity index (χ0) is 30.3. The lowest BCUT2D eigenvalue weighted by atomic mass is 9.90. The van der Waals surface area contributed by atoms with E-state index in [2.05, 4.69) is 20.6 Å². The molecular formula is C30H28F3N5O3S2. The van der Waals surface area contributed by atoms with Gasteiger partial charge in [-0.2, -0.15) is 11.3 Å². The van der Waals surface area contributed by atoms with E-state index in [-0.39, 0.29) is 52.3 Å². The van der Waals surface area contributed by atoms with E-state index >= 15 is 8.78 Å². The van der Waals surface area contributed by atoms with Gasteiger partial charge in [-0.05, 0) is 62.3 Å². The van der Waals surface area contributed by atoms with Gasteiger partial charge in [0.15, 0.2) is 11.6 Å². The van der Waals surface area contributed by atoms with Crippen molar-refractivity contribution in [1.29, 1.82) is 0 Å². The highest BCUT2D eigenvalue weighted by atomic mass is 32.2. The Balaban J connectivity index is 1.27. The Hall–Kier alpha value is -3.97. The van der Waals surface area contributed by atoms with Crippen LogP contribution in [0.2, 0.25) is 0 Å². The molecule has 43 heavy (non-hydrogen) atoms. The molecule has 1 aromatic carbocycles. The van der Waals surface area contributed by atoms with E-state index in [1.807, 2.05) is 12.3 Å². The van der Waals surface area contributed by atoms with Crippen LogP contribution in [-0.2, 0) is 10.0 Å². The summed E-state index contributed by atoms with van der Waals surface area (Å²) in [5, 5.41) is 9.67. The third-order valence-corrected chi connectivity index (χ3v) is 10.3. The molecule has 1 aliphatic heterocycles. The number of halogens is 3. The number of thiophene rings is 1. The number of anilines is 2. The molecule has 224 valence electrons. The topological polar surface area (TPSA) is 104 Å². The van der Waals surface area contributed by atoms with Crippen LogP contribution in [0.4, 0.5) is 24.8 Å². The fourth-order valence-corrected chi connectivity index (χ4v) is 7.78. The number of pyridine rings is 2. The molecule has 4 aromatic rings. The van der Waals surface area contributed by atoms with Crippen molar-refractivity contribution >= 4 is 38.9 Å². The van der Waals surface area contributed by atoms with Gasteiger partial charge in [0.2, 0.25) is 0 Å². The largest absolute Gasteiger partial charge is 0.365 e. The van der Waals surface area contributed by atoms with Crippen molar-refractivity contribution in [2.75, 3.05) is 16.2 Å². The lowest BCUT2D eigenvalue weighted by Gasteiger charge is -2.31. The van der Waals surface area contributed by atoms with Gasteiger partial charge in [-0.1, -0.05) is 17.7 Å². The Bertz CT molecular complexity index is 1770. The minimum atomic E-state index is -4.13. The monoisotopic (exact) mass is 627 g/mol. The van der Waals surface area contributed by atoms with Crippen molar-refractivity contribution in [3.63, 3.8) is 0 Å². The van der Waals surface area contributed by atoms with Gasteiger partial charge in [0, 0.05) is 41.2 Å². The molecule has 0 bridgehead atoms. The molecule has 0 saturated heterocycles. The van der Waals surface area contributed by atoms with Gasteiger partial charge >= 0.3 is 0 Å². The number of sulfonamides is 1. The first-order valence-corrected chi connectivity index (χ1v) is 16.2. The lowest BCUT2D eigenvalue weighted by molar-refractivity contribution is 0.0927. The first-order valence-electron chi connectivity index (χ1n) is 13.8. The number of hydrogen-bond acceptors (Lipinski definition) is 7. The summed E-state index contributed by atoms with van der Waals surface area (Å²) in [6.07, 6.45) is 3.63. The average Bonchev–Trinajstić information content (AvgIpc) is 3.64. The van der Waals surface area contributed by atoms with Crippen molar-refractivity contribution in [2.45, 2.75) is 55.5 Å². The van der Waals surface area contributed by atoms with Crippen molar-refractivity contribution < 1.29 is 26.4 Å². The fourth-order valence-electron chi connectivity index (χ4n) is 5.68. The van der Waals surface area contributed by atoms with Crippen LogP contribution in [0.25, 0.3) is 0 Å². The summed E-state index contributed by atoms with van der Waals surface area (Å²) >= 11 is 1.43. The molecule has 13 heteroatoms. The van der Waals surface area contributed by atoms with E-state index in [4.69, 9.17) is 0 Å². The summed E-state index contributed by atoms with van der Waals surface area (Å²) in [6, 6.07) is 9.38. The minimum absolute atomic E-state index is 0.00339. The molecule has 3 aromatic heterocycles. The summed E-state index contributed by atoms with van der Waals surface area (Å²) in [6.45, 7) is 1.53. The van der Waals surface area contributed by atoms with Gasteiger partial charge in [-0.25, -0.2) is 35.9 Å². The molecule has 6 rings (SSSR count). The van der Waals surface area contributed by atoms with E-state index in [0.29, 0.717) is 24.5 Å². The normalized spacial score (nSPS) is 20.1. The lowest BCUT2D eigenvalue weighted by Crippen LogP contribution is -2.42. The summed E-state index contributed by atoms with van der Waals surface area (Å²) in [5.74, 6) is -4.07. The van der Waals surface area contributed by atoms with E-state index in [0.717, 1.165) is 35.0 Å². The summed E-state index contributed by atoms with van der Waals surface area (Å²) in [4.78, 5) is 20.9. The maximum Gasteiger partial charge on any atom is 0.265 e. The van der Waals surface area contributed by atoms with Crippen LogP contribution >= 0.6 is 11.3 Å². The highest BCUT2D eigenvalue weighted by molar-refractivity contribution is 7.92. The van der Waals surface area contributed by atoms with Crippen LogP contribution in [0, 0.1) is 24.4 Å². The zero-order valence-electron chi connectivity index (χ0n) is 23.1. The van der Waals surface area contributed by atoms with Crippen LogP contribution in [0.5, 0.6) is 0 Å². The van der Waals surface area contributed by atoms with Gasteiger partial charge in [0.25, 0.3) is 15.9 Å². The molecule has 1 amide bonds. The van der Waals surface area contributed by atoms with Crippen LogP contribution in [0.1, 0.15) is 58.8 Å². The number of hydrogen-bond donors (Lipinski definition) is 2. The standard InChI is InChI=1S/C30H28F3N5O3S2/c1-17-5-7-22(8-6-17)43(40,41)38-15-24(23-11-19(31)14-34-29(23)38)27-25(32)13-26(33)28(37-27)35-20-3-2-4-21(12-20)36-30(39)18-9-10-42-16-18/h5-11,13-14,16,20-21,24H,2-4,12,15H2,1H3,(H,35,37)(H,36,39). The second-order valence-corrected chi connectivity index (χ2v) is 13.5. The SMILES string of the molecule is Cc1ccc(S(=O)(=O)N2CC(c3nc(NC4CCCC(NC(=O)c5ccsc5)C4)c(F)cc3F)c3cc(F)cnc32)cc1. The maximum absolute atomic E-state index is 15.3. The number of aryl methyl sites for hydroxylation is 1. The van der Waals surface area contributed by atoms with E-state index in [1.54, 1.807) is 23.6 Å². The molecule has 3 atom stereocenters. The summed E-state index contributed by atoms with van der Waals surface area (Å²) in [5.41, 5.74) is 1.36. The van der Waals surface area contributed by atoms with Crippen molar-refractivity contribution in [3.05, 3.63) is 99.3 Å². The smallest absolute Gasteiger partial charge is 0.265 e. The third-order valence-electron chi connectivity index (χ3n) is 7.85. The third kappa shape index (κ3) is 5.83. The van der Waals surface area contributed by atoms with Crippen molar-refractivity contribution in [2.24, 2.45) is 0 Å². The highest BCUT2D eigenvalue weighted by Crippen LogP contribution is 2.42. The molecule has 2 aliphatic rings. The van der Waals surface area contributed by atoms with Crippen LogP contribution < -0.4 is 14.9 Å². The predicted octanol–water partition coefficient (Wildman–Crippen LogP) is 5.76. The van der Waals surface area contributed by atoms with E-state index < -0.39 is 33.4 Å². The molecular weight excluding hydrogens is 599 g/mol. The van der Waals surface area contributed by atoms with Crippen molar-refractivity contribution in [3.8, 4) is 0 Å². The molecule has 2 N–H and O–H groups in total. The van der Waals surface area contributed by atoms with E-state index in [9.17, 15) is 17.6 Å². The first kappa shape index (κ1) is 29.1. The molecule has 1 fully saturated rings. The fraction of sp³-hybridized carbons (Fsp3) is 0.300. The Labute approximate surface area is 251 Å². The van der Waals surface area contributed by atoms with E-state index in [1.165, 1.54) is 23.5 Å². The number of aromatic nitrogens is 2. The summed E-state index contributed by atoms with van der Waals surface area (Å²) in [7, 11) is -4.13. The Morgan fingerprint density at radius 1 is 1.05 bits per heavy atom. The number of carbonyl (C=O) groups is 1. The molecule has 3 unspecified atom stereocenters. The number of benzene rings is 1. The van der Waals surface area contributed by atoms with Crippen LogP contribution in [0.15, 0.2) is 64.3 Å². The zero-order valence-corrected chi connectivity index (χ0v) is 24.7. The Kier molecular flexibility index (Phi) is 7.86. The predicted molar refractivity (Wildman–Crippen MR) is 157 cm³/mol. The molecule has 0 radical (unpaired) electrons.